The molecule has 0 fully saturated rings. The van der Waals surface area contributed by atoms with Crippen LogP contribution in [0.4, 0.5) is 10.5 Å². The van der Waals surface area contributed by atoms with Gasteiger partial charge < -0.3 is 10.5 Å². The molecule has 142 valence electrons. The van der Waals surface area contributed by atoms with Gasteiger partial charge in [0, 0.05) is 33.4 Å². The second-order valence-corrected chi connectivity index (χ2v) is 8.27. The molecular weight excluding hydrogens is 362 g/mol. The van der Waals surface area contributed by atoms with Crippen molar-refractivity contribution in [1.82, 2.24) is 5.43 Å². The molecule has 0 bridgehead atoms. The zero-order chi connectivity index (χ0) is 19.8. The zero-order valence-electron chi connectivity index (χ0n) is 16.0. The maximum atomic E-state index is 11.9. The van der Waals surface area contributed by atoms with Crippen LogP contribution in [0.1, 0.15) is 44.4 Å². The monoisotopic (exact) mass is 385 g/mol. The van der Waals surface area contributed by atoms with E-state index in [0.29, 0.717) is 10.7 Å². The smallest absolute Gasteiger partial charge is 0.412 e. The van der Waals surface area contributed by atoms with Crippen LogP contribution in [0, 0.1) is 0 Å². The van der Waals surface area contributed by atoms with Crippen molar-refractivity contribution in [2.45, 2.75) is 45.7 Å². The van der Waals surface area contributed by atoms with Gasteiger partial charge in [0.2, 0.25) is 0 Å². The van der Waals surface area contributed by atoms with Crippen molar-refractivity contribution in [1.29, 1.82) is 0 Å². The van der Waals surface area contributed by atoms with E-state index in [-0.39, 0.29) is 6.04 Å². The molecule has 5 nitrogen and oxygen atoms in total. The molecule has 1 atom stereocenters. The van der Waals surface area contributed by atoms with Gasteiger partial charge in [0.05, 0.1) is 5.71 Å². The molecule has 0 saturated carbocycles. The molecule has 1 heterocycles. The van der Waals surface area contributed by atoms with E-state index in [1.807, 2.05) is 63.2 Å². The van der Waals surface area contributed by atoms with Crippen molar-refractivity contribution in [3.05, 3.63) is 64.2 Å². The molecule has 0 aliphatic carbocycles. The summed E-state index contributed by atoms with van der Waals surface area (Å²) in [6, 6.07) is 13.5. The summed E-state index contributed by atoms with van der Waals surface area (Å²) in [6.07, 6.45) is -0.175. The first-order chi connectivity index (χ1) is 12.7. The zero-order valence-corrected chi connectivity index (χ0v) is 16.7. The van der Waals surface area contributed by atoms with Gasteiger partial charge in [-0.05, 0) is 63.9 Å². The number of rotatable bonds is 2. The van der Waals surface area contributed by atoms with Crippen molar-refractivity contribution in [2.75, 3.05) is 4.90 Å². The first kappa shape index (κ1) is 19.2. The molecule has 2 aromatic rings. The molecule has 2 N–H and O–H groups in total. The molecule has 27 heavy (non-hydrogen) atoms. The molecule has 1 amide bonds. The van der Waals surface area contributed by atoms with Crippen molar-refractivity contribution < 1.29 is 9.90 Å². The number of halogens is 1. The molecule has 6 heteroatoms. The van der Waals surface area contributed by atoms with Gasteiger partial charge >= 0.3 is 6.09 Å². The lowest BCUT2D eigenvalue weighted by Crippen LogP contribution is -2.45. The number of nitrogens with one attached hydrogen (secondary N) is 1. The summed E-state index contributed by atoms with van der Waals surface area (Å²) < 4.78 is 0. The Labute approximate surface area is 164 Å². The largest absolute Gasteiger partial charge is 0.465 e. The average molecular weight is 386 g/mol. The molecule has 1 aliphatic heterocycles. The number of fused-ring (bicyclic) bond motifs is 1. The number of benzene rings is 2. The SMILES string of the molecule is CC1Cc2ccc(N(C(=O)O)C(C)(C)C)cc2C(c2ccc(Cl)cc2)=NN1. The molecule has 1 unspecified atom stereocenters. The van der Waals surface area contributed by atoms with Crippen LogP contribution in [0.3, 0.4) is 0 Å². The van der Waals surface area contributed by atoms with Crippen molar-refractivity contribution in [3.63, 3.8) is 0 Å². The van der Waals surface area contributed by atoms with Crippen LogP contribution in [0.2, 0.25) is 5.02 Å². The fourth-order valence-corrected chi connectivity index (χ4v) is 3.45. The Morgan fingerprint density at radius 3 is 2.48 bits per heavy atom. The van der Waals surface area contributed by atoms with E-state index in [1.54, 1.807) is 0 Å². The van der Waals surface area contributed by atoms with Gasteiger partial charge in [-0.25, -0.2) is 4.79 Å². The van der Waals surface area contributed by atoms with Gasteiger partial charge in [0.15, 0.2) is 0 Å². The van der Waals surface area contributed by atoms with E-state index < -0.39 is 11.6 Å². The summed E-state index contributed by atoms with van der Waals surface area (Å²) in [6.45, 7) is 7.71. The lowest BCUT2D eigenvalue weighted by Gasteiger charge is -2.33. The number of amides is 1. The molecule has 0 saturated heterocycles. The summed E-state index contributed by atoms with van der Waals surface area (Å²) in [5.74, 6) is 0. The van der Waals surface area contributed by atoms with Gasteiger partial charge in [0.25, 0.3) is 0 Å². The van der Waals surface area contributed by atoms with Crippen LogP contribution in [0.15, 0.2) is 47.6 Å². The summed E-state index contributed by atoms with van der Waals surface area (Å²) in [5, 5.41) is 15.0. The highest BCUT2D eigenvalue weighted by Gasteiger charge is 2.29. The topological polar surface area (TPSA) is 64.9 Å². The first-order valence-electron chi connectivity index (χ1n) is 8.92. The maximum absolute atomic E-state index is 11.9. The predicted octanol–water partition coefficient (Wildman–Crippen LogP) is 4.91. The first-order valence-corrected chi connectivity index (χ1v) is 9.30. The van der Waals surface area contributed by atoms with Crippen molar-refractivity contribution in [2.24, 2.45) is 5.10 Å². The van der Waals surface area contributed by atoms with Gasteiger partial charge in [-0.3, -0.25) is 4.90 Å². The fraction of sp³-hybridized carbons (Fsp3) is 0.333. The molecule has 1 aliphatic rings. The predicted molar refractivity (Wildman–Crippen MR) is 110 cm³/mol. The summed E-state index contributed by atoms with van der Waals surface area (Å²) in [7, 11) is 0. The average Bonchev–Trinajstić information content (AvgIpc) is 2.72. The molecule has 0 spiro atoms. The normalized spacial score (nSPS) is 16.6. The van der Waals surface area contributed by atoms with E-state index in [2.05, 4.69) is 17.5 Å². The van der Waals surface area contributed by atoms with Crippen LogP contribution in [0.5, 0.6) is 0 Å². The highest BCUT2D eigenvalue weighted by Crippen LogP contribution is 2.29. The second-order valence-electron chi connectivity index (χ2n) is 7.83. The van der Waals surface area contributed by atoms with Gasteiger partial charge in [0.1, 0.15) is 0 Å². The highest BCUT2D eigenvalue weighted by atomic mass is 35.5. The van der Waals surface area contributed by atoms with Crippen LogP contribution in [0.25, 0.3) is 0 Å². The summed E-state index contributed by atoms with van der Waals surface area (Å²) in [5.41, 5.74) is 7.02. The van der Waals surface area contributed by atoms with E-state index in [4.69, 9.17) is 11.6 Å². The third-order valence-electron chi connectivity index (χ3n) is 4.51. The minimum absolute atomic E-state index is 0.178. The maximum Gasteiger partial charge on any atom is 0.412 e. The van der Waals surface area contributed by atoms with Crippen LogP contribution in [-0.2, 0) is 6.42 Å². The van der Waals surface area contributed by atoms with E-state index in [0.717, 1.165) is 28.8 Å². The van der Waals surface area contributed by atoms with Crippen LogP contribution in [-0.4, -0.2) is 28.5 Å². The molecule has 0 aromatic heterocycles. The molecule has 0 radical (unpaired) electrons. The quantitative estimate of drug-likeness (QED) is 0.771. The Hall–Kier alpha value is -2.53. The van der Waals surface area contributed by atoms with Crippen LogP contribution < -0.4 is 10.3 Å². The molecule has 3 rings (SSSR count). The van der Waals surface area contributed by atoms with E-state index in [9.17, 15) is 9.90 Å². The number of carbonyl (C=O) groups is 1. The Morgan fingerprint density at radius 2 is 1.89 bits per heavy atom. The summed E-state index contributed by atoms with van der Waals surface area (Å²) in [4.78, 5) is 13.3. The number of hydrogen-bond donors (Lipinski definition) is 2. The third kappa shape index (κ3) is 4.08. The highest BCUT2D eigenvalue weighted by molar-refractivity contribution is 6.30. The fourth-order valence-electron chi connectivity index (χ4n) is 3.32. The third-order valence-corrected chi connectivity index (χ3v) is 4.76. The molecular formula is C21H24ClN3O2. The Bertz CT molecular complexity index is 885. The lowest BCUT2D eigenvalue weighted by molar-refractivity contribution is 0.195. The molecule has 2 aromatic carbocycles. The number of hydrazone groups is 1. The minimum Gasteiger partial charge on any atom is -0.465 e. The Balaban J connectivity index is 2.16. The number of hydrogen-bond acceptors (Lipinski definition) is 3. The summed E-state index contributed by atoms with van der Waals surface area (Å²) >= 11 is 6.03. The number of anilines is 1. The second kappa shape index (κ2) is 7.24. The van der Waals surface area contributed by atoms with Gasteiger partial charge in [-0.2, -0.15) is 5.10 Å². The Kier molecular flexibility index (Phi) is 5.16. The van der Waals surface area contributed by atoms with Gasteiger partial charge in [-0.15, -0.1) is 0 Å². The van der Waals surface area contributed by atoms with Crippen LogP contribution >= 0.6 is 11.6 Å². The Morgan fingerprint density at radius 1 is 1.22 bits per heavy atom. The number of carboxylic acid groups (broad SMARTS) is 1. The van der Waals surface area contributed by atoms with Crippen molar-refractivity contribution >= 4 is 29.1 Å². The van der Waals surface area contributed by atoms with Crippen molar-refractivity contribution in [3.8, 4) is 0 Å². The lowest BCUT2D eigenvalue weighted by atomic mass is 9.93. The number of nitrogens with zero attached hydrogens (tertiary/aromatic N) is 2. The van der Waals surface area contributed by atoms with E-state index >= 15 is 0 Å². The minimum atomic E-state index is -0.979. The standard InChI is InChI=1S/C21H24ClN3O2/c1-13-11-15-7-10-17(25(20(26)27)21(2,3)4)12-18(15)19(24-23-13)14-5-8-16(22)9-6-14/h5-10,12-13,23H,11H2,1-4H3,(H,26,27). The van der Waals surface area contributed by atoms with Gasteiger partial charge in [-0.1, -0.05) is 29.8 Å². The van der Waals surface area contributed by atoms with E-state index in [1.165, 1.54) is 4.90 Å².